The summed E-state index contributed by atoms with van der Waals surface area (Å²) in [5.74, 6) is 0.529. The van der Waals surface area contributed by atoms with Crippen molar-refractivity contribution in [2.45, 2.75) is 25.3 Å². The monoisotopic (exact) mass is 370 g/mol. The summed E-state index contributed by atoms with van der Waals surface area (Å²) in [7, 11) is 3.95. The molecule has 1 saturated carbocycles. The van der Waals surface area contributed by atoms with Crippen LogP contribution in [0.25, 0.3) is 0 Å². The molecule has 136 valence electrons. The Labute approximate surface area is 157 Å². The van der Waals surface area contributed by atoms with Crippen LogP contribution in [0.2, 0.25) is 0 Å². The van der Waals surface area contributed by atoms with Gasteiger partial charge in [0, 0.05) is 25.6 Å². The van der Waals surface area contributed by atoms with E-state index in [-0.39, 0.29) is 6.03 Å². The summed E-state index contributed by atoms with van der Waals surface area (Å²) < 4.78 is 0. The highest BCUT2D eigenvalue weighted by molar-refractivity contribution is 7.15. The van der Waals surface area contributed by atoms with E-state index in [0.717, 1.165) is 30.0 Å². The smallest absolute Gasteiger partial charge is 0.319 e. The van der Waals surface area contributed by atoms with E-state index in [1.165, 1.54) is 11.3 Å². The Morgan fingerprint density at radius 2 is 2.00 bits per heavy atom. The number of anilines is 1. The van der Waals surface area contributed by atoms with E-state index in [1.54, 1.807) is 17.0 Å². The SMILES string of the molecule is CN(C)CCN(Cc1ccc(C#N)cc1)C(=O)Nc1nnc(C2CC2)s1. The van der Waals surface area contributed by atoms with Crippen molar-refractivity contribution in [2.75, 3.05) is 32.5 Å². The minimum atomic E-state index is -0.185. The van der Waals surface area contributed by atoms with Crippen LogP contribution in [0.15, 0.2) is 24.3 Å². The van der Waals surface area contributed by atoms with Gasteiger partial charge in [0.05, 0.1) is 11.6 Å². The number of nitriles is 1. The maximum Gasteiger partial charge on any atom is 0.324 e. The Morgan fingerprint density at radius 1 is 1.27 bits per heavy atom. The Hall–Kier alpha value is -2.50. The maximum atomic E-state index is 12.7. The molecule has 1 aromatic carbocycles. The first kappa shape index (κ1) is 18.3. The molecule has 0 unspecified atom stereocenters. The molecule has 1 fully saturated rings. The zero-order valence-electron chi connectivity index (χ0n) is 15.0. The van der Waals surface area contributed by atoms with Gasteiger partial charge in [0.15, 0.2) is 0 Å². The Kier molecular flexibility index (Phi) is 5.81. The fourth-order valence-corrected chi connectivity index (χ4v) is 3.33. The molecular weight excluding hydrogens is 348 g/mol. The standard InChI is InChI=1S/C18H22N6OS/c1-23(2)9-10-24(12-14-5-3-13(11-19)4-6-14)18(25)20-17-22-21-16(26-17)15-7-8-15/h3-6,15H,7-10,12H2,1-2H3,(H,20,22,25). The van der Waals surface area contributed by atoms with E-state index >= 15 is 0 Å². The molecular formula is C18H22N6OS. The number of hydrogen-bond donors (Lipinski definition) is 1. The van der Waals surface area contributed by atoms with Crippen molar-refractivity contribution >= 4 is 22.5 Å². The highest BCUT2D eigenvalue weighted by Crippen LogP contribution is 2.42. The van der Waals surface area contributed by atoms with E-state index < -0.39 is 0 Å². The fraction of sp³-hybridized carbons (Fsp3) is 0.444. The van der Waals surface area contributed by atoms with Gasteiger partial charge >= 0.3 is 6.03 Å². The average Bonchev–Trinajstić information content (AvgIpc) is 3.38. The molecule has 0 bridgehead atoms. The summed E-state index contributed by atoms with van der Waals surface area (Å²) >= 11 is 1.46. The molecule has 0 radical (unpaired) electrons. The van der Waals surface area contributed by atoms with Gasteiger partial charge in [0.2, 0.25) is 5.13 Å². The Bertz CT molecular complexity index is 791. The zero-order chi connectivity index (χ0) is 18.5. The third kappa shape index (κ3) is 5.00. The number of carbonyl (C=O) groups excluding carboxylic acids is 1. The topological polar surface area (TPSA) is 85.2 Å². The molecule has 1 heterocycles. The van der Waals surface area contributed by atoms with Crippen molar-refractivity contribution in [2.24, 2.45) is 0 Å². The van der Waals surface area contributed by atoms with Gasteiger partial charge in [0.1, 0.15) is 5.01 Å². The molecule has 26 heavy (non-hydrogen) atoms. The van der Waals surface area contributed by atoms with E-state index in [0.29, 0.717) is 29.7 Å². The molecule has 8 heteroatoms. The molecule has 2 amide bonds. The van der Waals surface area contributed by atoms with Gasteiger partial charge < -0.3 is 9.80 Å². The third-order valence-electron chi connectivity index (χ3n) is 4.14. The van der Waals surface area contributed by atoms with Crippen molar-refractivity contribution < 1.29 is 4.79 Å². The highest BCUT2D eigenvalue weighted by Gasteiger charge is 2.28. The van der Waals surface area contributed by atoms with Crippen LogP contribution in [0.4, 0.5) is 9.93 Å². The van der Waals surface area contributed by atoms with Crippen LogP contribution >= 0.6 is 11.3 Å². The lowest BCUT2D eigenvalue weighted by Gasteiger charge is -2.24. The van der Waals surface area contributed by atoms with Crippen molar-refractivity contribution in [3.63, 3.8) is 0 Å². The van der Waals surface area contributed by atoms with Crippen molar-refractivity contribution in [3.05, 3.63) is 40.4 Å². The molecule has 1 N–H and O–H groups in total. The largest absolute Gasteiger partial charge is 0.324 e. The minimum absolute atomic E-state index is 0.185. The molecule has 1 aromatic heterocycles. The predicted molar refractivity (Wildman–Crippen MR) is 101 cm³/mol. The van der Waals surface area contributed by atoms with Crippen LogP contribution in [-0.2, 0) is 6.54 Å². The third-order valence-corrected chi connectivity index (χ3v) is 5.14. The molecule has 1 aliphatic rings. The number of aromatic nitrogens is 2. The highest BCUT2D eigenvalue weighted by atomic mass is 32.1. The lowest BCUT2D eigenvalue weighted by Crippen LogP contribution is -2.39. The maximum absolute atomic E-state index is 12.7. The molecule has 1 aliphatic carbocycles. The number of urea groups is 1. The van der Waals surface area contributed by atoms with Crippen LogP contribution in [0.3, 0.4) is 0 Å². The van der Waals surface area contributed by atoms with Gasteiger partial charge in [-0.1, -0.05) is 23.5 Å². The molecule has 0 spiro atoms. The quantitative estimate of drug-likeness (QED) is 0.810. The van der Waals surface area contributed by atoms with Crippen LogP contribution in [-0.4, -0.2) is 53.2 Å². The summed E-state index contributed by atoms with van der Waals surface area (Å²) in [5.41, 5.74) is 1.59. The van der Waals surface area contributed by atoms with Crippen molar-refractivity contribution in [1.82, 2.24) is 20.0 Å². The number of nitrogens with zero attached hydrogens (tertiary/aromatic N) is 5. The summed E-state index contributed by atoms with van der Waals surface area (Å²) in [6.45, 7) is 1.82. The Morgan fingerprint density at radius 3 is 2.62 bits per heavy atom. The fourth-order valence-electron chi connectivity index (χ4n) is 2.43. The van der Waals surface area contributed by atoms with Gasteiger partial charge in [-0.15, -0.1) is 10.2 Å². The van der Waals surface area contributed by atoms with Crippen molar-refractivity contribution in [3.8, 4) is 6.07 Å². The summed E-state index contributed by atoms with van der Waals surface area (Å²) in [6.07, 6.45) is 2.33. The van der Waals surface area contributed by atoms with Gasteiger partial charge in [0.25, 0.3) is 0 Å². The predicted octanol–water partition coefficient (Wildman–Crippen LogP) is 2.88. The number of hydrogen-bond acceptors (Lipinski definition) is 6. The van der Waals surface area contributed by atoms with Gasteiger partial charge in [-0.05, 0) is 44.6 Å². The second kappa shape index (κ2) is 8.25. The zero-order valence-corrected chi connectivity index (χ0v) is 15.8. The number of nitrogens with one attached hydrogen (secondary N) is 1. The summed E-state index contributed by atoms with van der Waals surface area (Å²) in [4.78, 5) is 16.5. The van der Waals surface area contributed by atoms with Crippen LogP contribution in [0.5, 0.6) is 0 Å². The number of rotatable bonds is 7. The second-order valence-corrected chi connectivity index (χ2v) is 7.69. The van der Waals surface area contributed by atoms with Gasteiger partial charge in [-0.2, -0.15) is 5.26 Å². The molecule has 2 aromatic rings. The van der Waals surface area contributed by atoms with Gasteiger partial charge in [-0.3, -0.25) is 5.32 Å². The van der Waals surface area contributed by atoms with Crippen LogP contribution in [0, 0.1) is 11.3 Å². The Balaban J connectivity index is 1.66. The van der Waals surface area contributed by atoms with Crippen LogP contribution < -0.4 is 5.32 Å². The molecule has 0 saturated heterocycles. The van der Waals surface area contributed by atoms with Crippen LogP contribution in [0.1, 0.15) is 34.9 Å². The first-order chi connectivity index (χ1) is 12.5. The molecule has 0 aliphatic heterocycles. The number of amides is 2. The summed E-state index contributed by atoms with van der Waals surface area (Å²) in [6, 6.07) is 9.22. The number of likely N-dealkylation sites (N-methyl/N-ethyl adjacent to an activating group) is 1. The first-order valence-corrected chi connectivity index (χ1v) is 9.40. The van der Waals surface area contributed by atoms with E-state index in [2.05, 4.69) is 21.6 Å². The van der Waals surface area contributed by atoms with E-state index in [1.807, 2.05) is 31.1 Å². The second-order valence-electron chi connectivity index (χ2n) is 6.68. The summed E-state index contributed by atoms with van der Waals surface area (Å²) in [5, 5.41) is 21.6. The molecule has 3 rings (SSSR count). The molecule has 0 atom stereocenters. The normalized spacial score (nSPS) is 13.5. The van der Waals surface area contributed by atoms with Crippen molar-refractivity contribution in [1.29, 1.82) is 5.26 Å². The first-order valence-electron chi connectivity index (χ1n) is 8.58. The average molecular weight is 370 g/mol. The lowest BCUT2D eigenvalue weighted by molar-refractivity contribution is 0.202. The number of carbonyl (C=O) groups is 1. The minimum Gasteiger partial charge on any atom is -0.319 e. The van der Waals surface area contributed by atoms with E-state index in [9.17, 15) is 4.79 Å². The molecule has 7 nitrogen and oxygen atoms in total. The number of benzene rings is 1. The van der Waals surface area contributed by atoms with E-state index in [4.69, 9.17) is 5.26 Å². The van der Waals surface area contributed by atoms with Gasteiger partial charge in [-0.25, -0.2) is 4.79 Å². The lowest BCUT2D eigenvalue weighted by atomic mass is 10.1.